The van der Waals surface area contributed by atoms with Crippen LogP contribution in [0.15, 0.2) is 36.7 Å². The fourth-order valence-electron chi connectivity index (χ4n) is 5.58. The van der Waals surface area contributed by atoms with Gasteiger partial charge in [0, 0.05) is 48.7 Å². The van der Waals surface area contributed by atoms with Crippen LogP contribution in [0.3, 0.4) is 0 Å². The van der Waals surface area contributed by atoms with Gasteiger partial charge in [0.05, 0.1) is 5.52 Å². The van der Waals surface area contributed by atoms with Gasteiger partial charge < -0.3 is 4.57 Å². The third kappa shape index (κ3) is 2.28. The lowest BCUT2D eigenvalue weighted by Crippen LogP contribution is -2.31. The van der Waals surface area contributed by atoms with Gasteiger partial charge in [-0.05, 0) is 79.6 Å². The number of aryl methyl sites for hydroxylation is 2. The highest BCUT2D eigenvalue weighted by molar-refractivity contribution is 5.92. The van der Waals surface area contributed by atoms with Crippen LogP contribution in [0.2, 0.25) is 0 Å². The van der Waals surface area contributed by atoms with E-state index < -0.39 is 0 Å². The second-order valence-corrected chi connectivity index (χ2v) is 8.38. The summed E-state index contributed by atoms with van der Waals surface area (Å²) in [5, 5.41) is 1.48. The highest BCUT2D eigenvalue weighted by atomic mass is 15.2. The molecule has 1 atom stereocenters. The summed E-state index contributed by atoms with van der Waals surface area (Å²) >= 11 is 0. The van der Waals surface area contributed by atoms with Crippen molar-refractivity contribution in [1.29, 1.82) is 0 Å². The van der Waals surface area contributed by atoms with Crippen LogP contribution in [0.4, 0.5) is 0 Å². The molecule has 1 fully saturated rings. The first-order chi connectivity index (χ1) is 13.3. The van der Waals surface area contributed by atoms with Gasteiger partial charge in [0.2, 0.25) is 0 Å². The van der Waals surface area contributed by atoms with Gasteiger partial charge in [-0.15, -0.1) is 0 Å². The zero-order chi connectivity index (χ0) is 18.0. The Kier molecular flexibility index (Phi) is 3.36. The molecule has 1 aliphatic carbocycles. The van der Waals surface area contributed by atoms with Gasteiger partial charge in [-0.25, -0.2) is 0 Å². The van der Waals surface area contributed by atoms with Crippen molar-refractivity contribution in [3.8, 4) is 0 Å². The number of hydrogen-bond donors (Lipinski definition) is 0. The van der Waals surface area contributed by atoms with Gasteiger partial charge in [-0.3, -0.25) is 9.88 Å². The van der Waals surface area contributed by atoms with E-state index in [2.05, 4.69) is 51.8 Å². The molecule has 3 aliphatic rings. The summed E-state index contributed by atoms with van der Waals surface area (Å²) in [5.74, 6) is 0. The van der Waals surface area contributed by atoms with E-state index in [-0.39, 0.29) is 0 Å². The molecule has 27 heavy (non-hydrogen) atoms. The summed E-state index contributed by atoms with van der Waals surface area (Å²) in [6.07, 6.45) is 12.5. The SMILES string of the molecule is Cc1ccc2c(c1)c1c(n2C=C2CCc3cnccc32)CCN2CCCC12. The Hall–Kier alpha value is -2.39. The number of benzene rings is 1. The maximum atomic E-state index is 4.31. The van der Waals surface area contributed by atoms with E-state index in [1.54, 1.807) is 11.3 Å². The van der Waals surface area contributed by atoms with Crippen LogP contribution >= 0.6 is 0 Å². The number of rotatable bonds is 1. The van der Waals surface area contributed by atoms with E-state index >= 15 is 0 Å². The van der Waals surface area contributed by atoms with Crippen molar-refractivity contribution in [2.24, 2.45) is 0 Å². The molecule has 0 N–H and O–H groups in total. The zero-order valence-corrected chi connectivity index (χ0v) is 15.9. The number of allylic oxidation sites excluding steroid dienone is 1. The third-order valence-corrected chi connectivity index (χ3v) is 6.83. The van der Waals surface area contributed by atoms with Crippen LogP contribution < -0.4 is 0 Å². The van der Waals surface area contributed by atoms with Crippen LogP contribution in [0.25, 0.3) is 22.7 Å². The Morgan fingerprint density at radius 2 is 2.07 bits per heavy atom. The molecule has 3 aromatic rings. The number of pyridine rings is 1. The van der Waals surface area contributed by atoms with Gasteiger partial charge in [-0.2, -0.15) is 0 Å². The molecule has 1 saturated heterocycles. The summed E-state index contributed by atoms with van der Waals surface area (Å²) in [7, 11) is 0. The smallest absolute Gasteiger partial charge is 0.0529 e. The Bertz CT molecular complexity index is 1090. The monoisotopic (exact) mass is 355 g/mol. The summed E-state index contributed by atoms with van der Waals surface area (Å²) in [6.45, 7) is 4.69. The Balaban J connectivity index is 1.59. The minimum atomic E-state index is 0.623. The van der Waals surface area contributed by atoms with Crippen molar-refractivity contribution in [1.82, 2.24) is 14.5 Å². The summed E-state index contributed by atoms with van der Waals surface area (Å²) < 4.78 is 2.53. The van der Waals surface area contributed by atoms with Crippen molar-refractivity contribution in [2.75, 3.05) is 13.1 Å². The lowest BCUT2D eigenvalue weighted by atomic mass is 9.95. The summed E-state index contributed by atoms with van der Waals surface area (Å²) in [6, 6.07) is 9.83. The van der Waals surface area contributed by atoms with Crippen molar-refractivity contribution < 1.29 is 0 Å². The van der Waals surface area contributed by atoms with Crippen LogP contribution in [0, 0.1) is 6.92 Å². The number of aromatic nitrogens is 2. The number of fused-ring (bicyclic) bond motifs is 6. The molecular formula is C24H25N3. The van der Waals surface area contributed by atoms with Gasteiger partial charge >= 0.3 is 0 Å². The quantitative estimate of drug-likeness (QED) is 0.614. The molecule has 2 aliphatic heterocycles. The highest BCUT2D eigenvalue weighted by Gasteiger charge is 2.35. The summed E-state index contributed by atoms with van der Waals surface area (Å²) in [5.41, 5.74) is 10.2. The maximum Gasteiger partial charge on any atom is 0.0529 e. The minimum absolute atomic E-state index is 0.623. The average molecular weight is 355 g/mol. The van der Waals surface area contributed by atoms with E-state index in [1.807, 2.05) is 12.4 Å². The molecular weight excluding hydrogens is 330 g/mol. The standard InChI is InChI=1S/C24H25N3/c1-16-4-7-21-20(13-16)24-22-3-2-11-26(22)12-9-23(24)27(21)15-18-6-5-17-14-25-10-8-19(17)18/h4,7-8,10,13-15,22H,2-3,5-6,9,11-12H2,1H3. The molecule has 0 radical (unpaired) electrons. The fourth-order valence-corrected chi connectivity index (χ4v) is 5.58. The molecule has 0 amide bonds. The Morgan fingerprint density at radius 3 is 3.04 bits per heavy atom. The van der Waals surface area contributed by atoms with E-state index in [1.165, 1.54) is 59.1 Å². The molecule has 0 bridgehead atoms. The summed E-state index contributed by atoms with van der Waals surface area (Å²) in [4.78, 5) is 7.02. The Morgan fingerprint density at radius 1 is 1.11 bits per heavy atom. The van der Waals surface area contributed by atoms with Gasteiger partial charge in [0.25, 0.3) is 0 Å². The fraction of sp³-hybridized carbons (Fsp3) is 0.375. The first kappa shape index (κ1) is 15.6. The predicted molar refractivity (Wildman–Crippen MR) is 111 cm³/mol. The number of hydrogen-bond acceptors (Lipinski definition) is 2. The average Bonchev–Trinajstić information content (AvgIpc) is 3.38. The third-order valence-electron chi connectivity index (χ3n) is 6.83. The van der Waals surface area contributed by atoms with Crippen LogP contribution in [-0.2, 0) is 12.8 Å². The van der Waals surface area contributed by atoms with Gasteiger partial charge in [-0.1, -0.05) is 11.6 Å². The van der Waals surface area contributed by atoms with Crippen LogP contribution in [-0.4, -0.2) is 27.5 Å². The second kappa shape index (κ2) is 5.80. The largest absolute Gasteiger partial charge is 0.320 e. The Labute approximate surface area is 160 Å². The van der Waals surface area contributed by atoms with Gasteiger partial charge in [0.1, 0.15) is 0 Å². The molecule has 3 heteroatoms. The predicted octanol–water partition coefficient (Wildman–Crippen LogP) is 4.98. The molecule has 3 nitrogen and oxygen atoms in total. The molecule has 1 aromatic carbocycles. The molecule has 0 spiro atoms. The first-order valence-electron chi connectivity index (χ1n) is 10.3. The molecule has 6 rings (SSSR count). The van der Waals surface area contributed by atoms with E-state index in [0.29, 0.717) is 6.04 Å². The van der Waals surface area contributed by atoms with Gasteiger partial charge in [0.15, 0.2) is 0 Å². The van der Waals surface area contributed by atoms with Crippen molar-refractivity contribution >= 4 is 22.7 Å². The lowest BCUT2D eigenvalue weighted by Gasteiger charge is -2.30. The van der Waals surface area contributed by atoms with Crippen molar-refractivity contribution in [3.05, 3.63) is 64.6 Å². The normalized spacial score (nSPS) is 23.0. The van der Waals surface area contributed by atoms with E-state index in [4.69, 9.17) is 0 Å². The second-order valence-electron chi connectivity index (χ2n) is 8.38. The molecule has 136 valence electrons. The highest BCUT2D eigenvalue weighted by Crippen LogP contribution is 2.44. The van der Waals surface area contributed by atoms with Crippen molar-refractivity contribution in [2.45, 2.75) is 45.1 Å². The van der Waals surface area contributed by atoms with E-state index in [0.717, 1.165) is 19.3 Å². The molecule has 0 saturated carbocycles. The molecule has 4 heterocycles. The topological polar surface area (TPSA) is 21.1 Å². The first-order valence-corrected chi connectivity index (χ1v) is 10.3. The van der Waals surface area contributed by atoms with E-state index in [9.17, 15) is 0 Å². The molecule has 2 aromatic heterocycles. The van der Waals surface area contributed by atoms with Crippen LogP contribution in [0.5, 0.6) is 0 Å². The molecule has 1 unspecified atom stereocenters. The van der Waals surface area contributed by atoms with Crippen molar-refractivity contribution in [3.63, 3.8) is 0 Å². The van der Waals surface area contributed by atoms with Crippen LogP contribution in [0.1, 0.15) is 53.3 Å². The zero-order valence-electron chi connectivity index (χ0n) is 15.9. The number of nitrogens with zero attached hydrogens (tertiary/aromatic N) is 3. The minimum Gasteiger partial charge on any atom is -0.320 e. The maximum absolute atomic E-state index is 4.31. The lowest BCUT2D eigenvalue weighted by molar-refractivity contribution is 0.243.